The fraction of sp³-hybridized carbons (Fsp3) is 0.250. The Labute approximate surface area is 275 Å². The SMILES string of the molecule is C=Cc1c(C=C)c(-c2ccc3ccccc3c2)c2c(c1C(=C)/C=C(/C=C\CC)C(=C)C)C1(Cl)C=C(Br)C2C(OC(C)(C)O)C1. The second-order valence-electron chi connectivity index (χ2n) is 12.2. The van der Waals surface area contributed by atoms with Crippen LogP contribution in [0.3, 0.4) is 0 Å². The molecule has 0 aromatic heterocycles. The van der Waals surface area contributed by atoms with Crippen molar-refractivity contribution in [3.05, 3.63) is 137 Å². The number of halogens is 2. The standard InChI is InChI=1S/C40H40BrClO2/c1-9-12-15-27(24(4)5)20-25(6)34-30(10-2)31(11-3)35(29-19-18-26-16-13-14-17-28(26)21-29)37-36-32(41)22-40(42,38(34)37)23-33(36)44-39(7,8)43/h10-22,33,36,43H,2-4,6,9,23H2,1,5,7-8H3/b15-12-,27-20-. The lowest BCUT2D eigenvalue weighted by molar-refractivity contribution is -0.212. The monoisotopic (exact) mass is 666 g/mol. The Morgan fingerprint density at radius 3 is 2.41 bits per heavy atom. The van der Waals surface area contributed by atoms with Gasteiger partial charge < -0.3 is 9.84 Å². The number of fused-ring (bicyclic) bond motifs is 2. The minimum atomic E-state index is -1.34. The fourth-order valence-corrected chi connectivity index (χ4v) is 8.23. The zero-order chi connectivity index (χ0) is 32.0. The van der Waals surface area contributed by atoms with Gasteiger partial charge in [0.25, 0.3) is 0 Å². The number of hydrogen-bond donors (Lipinski definition) is 1. The van der Waals surface area contributed by atoms with Gasteiger partial charge in [-0.3, -0.25) is 0 Å². The highest BCUT2D eigenvalue weighted by Crippen LogP contribution is 2.62. The molecule has 1 N–H and O–H groups in total. The molecule has 0 amide bonds. The van der Waals surface area contributed by atoms with Crippen molar-refractivity contribution in [2.24, 2.45) is 0 Å². The summed E-state index contributed by atoms with van der Waals surface area (Å²) in [7, 11) is 0. The number of rotatable bonds is 10. The van der Waals surface area contributed by atoms with Crippen LogP contribution in [0.1, 0.15) is 74.3 Å². The molecule has 3 unspecified atom stereocenters. The zero-order valence-electron chi connectivity index (χ0n) is 26.0. The molecule has 0 saturated heterocycles. The predicted molar refractivity (Wildman–Crippen MR) is 194 cm³/mol. The number of hydrogen-bond acceptors (Lipinski definition) is 2. The number of allylic oxidation sites excluding steroid dienone is 7. The Bertz CT molecular complexity index is 1800. The Morgan fingerprint density at radius 2 is 1.80 bits per heavy atom. The van der Waals surface area contributed by atoms with E-state index in [-0.39, 0.29) is 12.0 Å². The molecule has 3 atom stereocenters. The van der Waals surface area contributed by atoms with Gasteiger partial charge in [0.05, 0.1) is 11.0 Å². The maximum absolute atomic E-state index is 10.8. The van der Waals surface area contributed by atoms with Gasteiger partial charge in [0, 0.05) is 16.8 Å². The molecule has 3 aliphatic carbocycles. The third-order valence-electron chi connectivity index (χ3n) is 8.44. The maximum atomic E-state index is 10.8. The lowest BCUT2D eigenvalue weighted by atomic mass is 9.63. The van der Waals surface area contributed by atoms with Crippen LogP contribution in [0.25, 0.3) is 39.6 Å². The molecule has 44 heavy (non-hydrogen) atoms. The van der Waals surface area contributed by atoms with E-state index < -0.39 is 10.7 Å². The molecule has 3 aromatic carbocycles. The molecule has 0 aliphatic heterocycles. The average Bonchev–Trinajstić information content (AvgIpc) is 2.96. The summed E-state index contributed by atoms with van der Waals surface area (Å²) in [6.07, 6.45) is 13.2. The molecule has 0 heterocycles. The van der Waals surface area contributed by atoms with Gasteiger partial charge in [-0.25, -0.2) is 0 Å². The molecule has 4 heteroatoms. The molecule has 6 rings (SSSR count). The van der Waals surface area contributed by atoms with Crippen molar-refractivity contribution in [3.8, 4) is 11.1 Å². The first-order chi connectivity index (χ1) is 20.8. The second-order valence-corrected chi connectivity index (χ2v) is 13.8. The summed E-state index contributed by atoms with van der Waals surface area (Å²) in [6, 6.07) is 14.9. The third kappa shape index (κ3) is 5.79. The van der Waals surface area contributed by atoms with E-state index in [4.69, 9.17) is 16.3 Å². The quantitative estimate of drug-likeness (QED) is 0.132. The van der Waals surface area contributed by atoms with Crippen molar-refractivity contribution < 1.29 is 9.84 Å². The van der Waals surface area contributed by atoms with Crippen molar-refractivity contribution in [2.45, 2.75) is 63.2 Å². The lowest BCUT2D eigenvalue weighted by Gasteiger charge is -2.50. The fourth-order valence-electron chi connectivity index (χ4n) is 6.72. The van der Waals surface area contributed by atoms with Crippen molar-refractivity contribution in [1.82, 2.24) is 0 Å². The number of aliphatic hydroxyl groups is 1. The van der Waals surface area contributed by atoms with Crippen molar-refractivity contribution >= 4 is 56.0 Å². The predicted octanol–water partition coefficient (Wildman–Crippen LogP) is 11.6. The summed E-state index contributed by atoms with van der Waals surface area (Å²) in [5.41, 5.74) is 9.73. The molecule has 3 aromatic rings. The molecule has 0 spiro atoms. The summed E-state index contributed by atoms with van der Waals surface area (Å²) < 4.78 is 7.27. The molecule has 0 radical (unpaired) electrons. The molecule has 0 saturated carbocycles. The van der Waals surface area contributed by atoms with Crippen molar-refractivity contribution in [2.75, 3.05) is 0 Å². The number of benzene rings is 3. The van der Waals surface area contributed by atoms with Gasteiger partial charge in [0.15, 0.2) is 5.79 Å². The smallest absolute Gasteiger partial charge is 0.160 e. The largest absolute Gasteiger partial charge is 0.366 e. The molecular weight excluding hydrogens is 628 g/mol. The molecular formula is C40H40BrClO2. The van der Waals surface area contributed by atoms with E-state index in [2.05, 4.69) is 116 Å². The maximum Gasteiger partial charge on any atom is 0.160 e. The lowest BCUT2D eigenvalue weighted by Crippen LogP contribution is -2.46. The highest BCUT2D eigenvalue weighted by molar-refractivity contribution is 9.11. The van der Waals surface area contributed by atoms with E-state index in [1.54, 1.807) is 13.8 Å². The van der Waals surface area contributed by atoms with E-state index in [9.17, 15) is 5.11 Å². The van der Waals surface area contributed by atoms with Crippen LogP contribution in [0.2, 0.25) is 0 Å². The second kappa shape index (κ2) is 12.3. The Morgan fingerprint density at radius 1 is 1.11 bits per heavy atom. The van der Waals surface area contributed by atoms with E-state index in [0.717, 1.165) is 77.3 Å². The Kier molecular flexibility index (Phi) is 8.99. The van der Waals surface area contributed by atoms with E-state index >= 15 is 0 Å². The van der Waals surface area contributed by atoms with Crippen molar-refractivity contribution in [1.29, 1.82) is 0 Å². The minimum Gasteiger partial charge on any atom is -0.366 e. The third-order valence-corrected chi connectivity index (χ3v) is 9.62. The first-order valence-corrected chi connectivity index (χ1v) is 16.2. The van der Waals surface area contributed by atoms with Crippen LogP contribution in [-0.4, -0.2) is 17.0 Å². The van der Waals surface area contributed by atoms with Crippen LogP contribution < -0.4 is 0 Å². The highest BCUT2D eigenvalue weighted by atomic mass is 79.9. The van der Waals surface area contributed by atoms with Crippen LogP contribution in [0.5, 0.6) is 0 Å². The molecule has 226 valence electrons. The normalized spacial score (nSPS) is 21.3. The number of ether oxygens (including phenoxy) is 1. The molecule has 2 bridgehead atoms. The molecule has 3 aliphatic rings. The zero-order valence-corrected chi connectivity index (χ0v) is 28.4. The Balaban J connectivity index is 1.92. The van der Waals surface area contributed by atoms with Crippen LogP contribution in [0.4, 0.5) is 0 Å². The van der Waals surface area contributed by atoms with Gasteiger partial charge in [-0.05, 0) is 106 Å². The van der Waals surface area contributed by atoms with Gasteiger partial charge in [0.1, 0.15) is 0 Å². The van der Waals surface area contributed by atoms with Gasteiger partial charge in [-0.1, -0.05) is 115 Å². The van der Waals surface area contributed by atoms with Gasteiger partial charge in [-0.2, -0.15) is 0 Å². The Hall–Kier alpha value is -3.21. The van der Waals surface area contributed by atoms with E-state index in [0.29, 0.717) is 6.42 Å². The van der Waals surface area contributed by atoms with Gasteiger partial charge in [0.2, 0.25) is 0 Å². The van der Waals surface area contributed by atoms with Crippen LogP contribution in [0.15, 0.2) is 109 Å². The summed E-state index contributed by atoms with van der Waals surface area (Å²) in [5, 5.41) is 13.1. The minimum absolute atomic E-state index is 0.216. The first-order valence-electron chi connectivity index (χ1n) is 15.0. The highest BCUT2D eigenvalue weighted by Gasteiger charge is 2.53. The summed E-state index contributed by atoms with van der Waals surface area (Å²) >= 11 is 11.6. The molecule has 0 fully saturated rings. The van der Waals surface area contributed by atoms with E-state index in [1.807, 2.05) is 19.1 Å². The topological polar surface area (TPSA) is 29.5 Å². The number of alkyl halides is 1. The van der Waals surface area contributed by atoms with Gasteiger partial charge >= 0.3 is 0 Å². The summed E-state index contributed by atoms with van der Waals surface area (Å²) in [5.74, 6) is -1.56. The summed E-state index contributed by atoms with van der Waals surface area (Å²) in [4.78, 5) is -0.934. The van der Waals surface area contributed by atoms with Gasteiger partial charge in [-0.15, -0.1) is 11.6 Å². The van der Waals surface area contributed by atoms with Crippen LogP contribution >= 0.6 is 27.5 Å². The first kappa shape index (κ1) is 32.2. The average molecular weight is 668 g/mol. The van der Waals surface area contributed by atoms with Crippen molar-refractivity contribution in [3.63, 3.8) is 0 Å². The van der Waals surface area contributed by atoms with Crippen LogP contribution in [-0.2, 0) is 9.61 Å². The van der Waals surface area contributed by atoms with E-state index in [1.165, 1.54) is 0 Å². The van der Waals surface area contributed by atoms with Crippen LogP contribution in [0, 0.1) is 0 Å². The summed E-state index contributed by atoms with van der Waals surface area (Å²) in [6.45, 7) is 24.8. The molecule has 2 nitrogen and oxygen atoms in total.